The molecule has 292 valence electrons. The number of hydrogen-bond acceptors (Lipinski definition) is 3. The second-order valence-electron chi connectivity index (χ2n) is 16.3. The van der Waals surface area contributed by atoms with E-state index in [2.05, 4.69) is 264 Å². The fourth-order valence-electron chi connectivity index (χ4n) is 9.43. The van der Waals surface area contributed by atoms with Crippen LogP contribution < -0.4 is 14.7 Å². The highest BCUT2D eigenvalue weighted by Gasteiger charge is 2.36. The van der Waals surface area contributed by atoms with Crippen molar-refractivity contribution in [3.63, 3.8) is 0 Å². The fraction of sp³-hybridized carbons (Fsp3) is 0.0526. The van der Waals surface area contributed by atoms with Gasteiger partial charge in [-0.25, -0.2) is 0 Å². The van der Waals surface area contributed by atoms with Crippen LogP contribution in [0.15, 0.2) is 231 Å². The van der Waals surface area contributed by atoms with E-state index in [0.717, 1.165) is 51.2 Å². The molecule has 4 nitrogen and oxygen atoms in total. The molecule has 0 unspecified atom stereocenters. The number of benzene rings is 9. The molecule has 1 aromatic heterocycles. The van der Waals surface area contributed by atoms with Crippen LogP contribution in [0.3, 0.4) is 0 Å². The predicted molar refractivity (Wildman–Crippen MR) is 257 cm³/mol. The summed E-state index contributed by atoms with van der Waals surface area (Å²) >= 11 is 0. The highest BCUT2D eigenvalue weighted by atomic mass is 15.2. The SMILES string of the molecule is CC1(C)c2cc(N(c3ccc(N(c4ccccc4)c4ccccc4)cc3)c3ccc(N(c4ccccc4)c4ccccc4)cc3)ccc2-n2c3ccccc3c3cccc1c32. The Labute approximate surface area is 357 Å². The summed E-state index contributed by atoms with van der Waals surface area (Å²) in [7, 11) is 0. The summed E-state index contributed by atoms with van der Waals surface area (Å²) in [6.07, 6.45) is 0. The number of hydrogen-bond donors (Lipinski definition) is 0. The highest BCUT2D eigenvalue weighted by molar-refractivity contribution is 6.11. The van der Waals surface area contributed by atoms with Gasteiger partial charge in [0, 0.05) is 67.4 Å². The van der Waals surface area contributed by atoms with Gasteiger partial charge in [0.2, 0.25) is 0 Å². The van der Waals surface area contributed by atoms with Crippen LogP contribution in [0.4, 0.5) is 51.2 Å². The van der Waals surface area contributed by atoms with Crippen molar-refractivity contribution >= 4 is 73.0 Å². The fourth-order valence-corrected chi connectivity index (χ4v) is 9.43. The highest BCUT2D eigenvalue weighted by Crippen LogP contribution is 2.50. The van der Waals surface area contributed by atoms with Crippen molar-refractivity contribution in [3.8, 4) is 5.69 Å². The molecule has 1 aliphatic rings. The maximum atomic E-state index is 2.49. The van der Waals surface area contributed by atoms with Crippen molar-refractivity contribution in [3.05, 3.63) is 242 Å². The molecular formula is C57H44N4. The summed E-state index contributed by atoms with van der Waals surface area (Å²) in [5.74, 6) is 0. The Morgan fingerprint density at radius 3 is 1.13 bits per heavy atom. The lowest BCUT2D eigenvalue weighted by atomic mass is 9.74. The van der Waals surface area contributed by atoms with Crippen LogP contribution in [0.1, 0.15) is 25.0 Å². The second kappa shape index (κ2) is 14.8. The van der Waals surface area contributed by atoms with E-state index in [1.165, 1.54) is 38.6 Å². The quantitative estimate of drug-likeness (QED) is 0.145. The molecule has 0 radical (unpaired) electrons. The van der Waals surface area contributed by atoms with Crippen LogP contribution in [0.25, 0.3) is 27.5 Å². The third-order valence-corrected chi connectivity index (χ3v) is 12.3. The van der Waals surface area contributed by atoms with Crippen LogP contribution in [0, 0.1) is 0 Å². The van der Waals surface area contributed by atoms with Crippen molar-refractivity contribution in [2.75, 3.05) is 14.7 Å². The first-order valence-corrected chi connectivity index (χ1v) is 21.0. The minimum absolute atomic E-state index is 0.244. The Hall–Kier alpha value is -7.82. The number of fused-ring (bicyclic) bond motifs is 5. The van der Waals surface area contributed by atoms with Gasteiger partial charge in [-0.05, 0) is 132 Å². The van der Waals surface area contributed by atoms with Gasteiger partial charge >= 0.3 is 0 Å². The van der Waals surface area contributed by atoms with E-state index < -0.39 is 0 Å². The first-order chi connectivity index (χ1) is 30.0. The van der Waals surface area contributed by atoms with Gasteiger partial charge in [-0.3, -0.25) is 0 Å². The van der Waals surface area contributed by atoms with Gasteiger partial charge < -0.3 is 19.3 Å². The maximum Gasteiger partial charge on any atom is 0.0582 e. The van der Waals surface area contributed by atoms with Gasteiger partial charge in [-0.15, -0.1) is 0 Å². The average molecular weight is 785 g/mol. The van der Waals surface area contributed by atoms with E-state index in [1.807, 2.05) is 0 Å². The van der Waals surface area contributed by atoms with Crippen LogP contribution in [-0.4, -0.2) is 4.57 Å². The third kappa shape index (κ3) is 6.15. The van der Waals surface area contributed by atoms with Crippen molar-refractivity contribution in [2.24, 2.45) is 0 Å². The molecule has 0 saturated heterocycles. The monoisotopic (exact) mass is 784 g/mol. The van der Waals surface area contributed by atoms with E-state index in [4.69, 9.17) is 0 Å². The molecule has 1 aliphatic heterocycles. The Morgan fingerprint density at radius 1 is 0.311 bits per heavy atom. The van der Waals surface area contributed by atoms with Gasteiger partial charge in [0.25, 0.3) is 0 Å². The van der Waals surface area contributed by atoms with Gasteiger partial charge in [0.1, 0.15) is 0 Å². The molecule has 2 heterocycles. The minimum Gasteiger partial charge on any atom is -0.311 e. The van der Waals surface area contributed by atoms with Crippen molar-refractivity contribution in [2.45, 2.75) is 19.3 Å². The van der Waals surface area contributed by atoms with Crippen LogP contribution in [0.2, 0.25) is 0 Å². The normalized spacial score (nSPS) is 12.6. The van der Waals surface area contributed by atoms with Gasteiger partial charge in [0.15, 0.2) is 0 Å². The minimum atomic E-state index is -0.244. The summed E-state index contributed by atoms with van der Waals surface area (Å²) in [6, 6.07) is 83.0. The number of para-hydroxylation sites is 6. The molecule has 0 bridgehead atoms. The summed E-state index contributed by atoms with van der Waals surface area (Å²) < 4.78 is 2.49. The van der Waals surface area contributed by atoms with E-state index >= 15 is 0 Å². The molecular weight excluding hydrogens is 741 g/mol. The first kappa shape index (κ1) is 36.3. The second-order valence-corrected chi connectivity index (χ2v) is 16.3. The molecule has 10 aromatic rings. The summed E-state index contributed by atoms with van der Waals surface area (Å²) in [5.41, 5.74) is 16.0. The Bertz CT molecular complexity index is 2930. The van der Waals surface area contributed by atoms with Gasteiger partial charge in [-0.2, -0.15) is 0 Å². The van der Waals surface area contributed by atoms with Crippen LogP contribution in [-0.2, 0) is 5.41 Å². The molecule has 0 N–H and O–H groups in total. The largest absolute Gasteiger partial charge is 0.311 e. The van der Waals surface area contributed by atoms with Gasteiger partial charge in [0.05, 0.1) is 16.7 Å². The Morgan fingerprint density at radius 2 is 0.672 bits per heavy atom. The lowest BCUT2D eigenvalue weighted by Gasteiger charge is -2.36. The van der Waals surface area contributed by atoms with E-state index in [0.29, 0.717) is 0 Å². The average Bonchev–Trinajstić information content (AvgIpc) is 3.66. The standard InChI is InChI=1S/C57H44N4/c1-57(2)52-28-17-27-51-50-26-15-16-29-54(50)61(56(51)52)55-39-38-49(40-53(55)57)60(47-34-30-45(31-35-47)58(41-18-7-3-8-19-41)42-20-9-4-10-21-42)48-36-32-46(33-37-48)59(43-22-11-5-12-23-43)44-24-13-6-14-25-44/h3-40H,1-2H3. The first-order valence-electron chi connectivity index (χ1n) is 21.0. The lowest BCUT2D eigenvalue weighted by Crippen LogP contribution is -2.26. The zero-order chi connectivity index (χ0) is 40.9. The summed E-state index contributed by atoms with van der Waals surface area (Å²) in [4.78, 5) is 7.02. The molecule has 9 aromatic carbocycles. The molecule has 4 heteroatoms. The molecule has 61 heavy (non-hydrogen) atoms. The zero-order valence-corrected chi connectivity index (χ0v) is 34.2. The van der Waals surface area contributed by atoms with Crippen LogP contribution >= 0.6 is 0 Å². The molecule has 11 rings (SSSR count). The summed E-state index contributed by atoms with van der Waals surface area (Å²) in [5, 5.41) is 2.59. The van der Waals surface area contributed by atoms with Crippen LogP contribution in [0.5, 0.6) is 0 Å². The Kier molecular flexibility index (Phi) is 8.79. The number of nitrogens with zero attached hydrogens (tertiary/aromatic N) is 4. The summed E-state index contributed by atoms with van der Waals surface area (Å²) in [6.45, 7) is 4.76. The molecule has 0 aliphatic carbocycles. The molecule has 0 atom stereocenters. The van der Waals surface area contributed by atoms with E-state index in [9.17, 15) is 0 Å². The van der Waals surface area contributed by atoms with Crippen molar-refractivity contribution in [1.29, 1.82) is 0 Å². The number of rotatable bonds is 9. The Balaban J connectivity index is 1.07. The molecule has 0 fully saturated rings. The topological polar surface area (TPSA) is 14.7 Å². The zero-order valence-electron chi connectivity index (χ0n) is 34.2. The number of aromatic nitrogens is 1. The van der Waals surface area contributed by atoms with E-state index in [1.54, 1.807) is 0 Å². The molecule has 0 saturated carbocycles. The van der Waals surface area contributed by atoms with Gasteiger partial charge in [-0.1, -0.05) is 123 Å². The van der Waals surface area contributed by atoms with E-state index in [-0.39, 0.29) is 5.41 Å². The predicted octanol–water partition coefficient (Wildman–Crippen LogP) is 15.8. The lowest BCUT2D eigenvalue weighted by molar-refractivity contribution is 0.630. The van der Waals surface area contributed by atoms with Crippen molar-refractivity contribution < 1.29 is 0 Å². The maximum absolute atomic E-state index is 2.49. The smallest absolute Gasteiger partial charge is 0.0582 e. The molecule has 0 spiro atoms. The number of anilines is 9. The molecule has 0 amide bonds. The third-order valence-electron chi connectivity index (χ3n) is 12.3. The van der Waals surface area contributed by atoms with Crippen molar-refractivity contribution in [1.82, 2.24) is 4.57 Å².